The summed E-state index contributed by atoms with van der Waals surface area (Å²) in [6.45, 7) is 4.88. The largest absolute Gasteiger partial charge is 0.338 e. The second-order valence-corrected chi connectivity index (χ2v) is 6.39. The number of carbonyl (C=O) groups is 1. The lowest BCUT2D eigenvalue weighted by atomic mass is 9.85. The van der Waals surface area contributed by atoms with Crippen molar-refractivity contribution in [1.29, 1.82) is 0 Å². The third-order valence-electron chi connectivity index (χ3n) is 3.54. The number of amides is 2. The molecule has 4 nitrogen and oxygen atoms in total. The molecule has 23 heavy (non-hydrogen) atoms. The number of hydroxylamine groups is 1. The molecular formula is C18H21ClN2O2. The van der Waals surface area contributed by atoms with Crippen molar-refractivity contribution in [2.24, 2.45) is 0 Å². The molecule has 0 aliphatic heterocycles. The molecule has 0 fully saturated rings. The van der Waals surface area contributed by atoms with Crippen molar-refractivity contribution >= 4 is 17.6 Å². The Balaban J connectivity index is 1.77. The first-order valence-electron chi connectivity index (χ1n) is 7.43. The summed E-state index contributed by atoms with van der Waals surface area (Å²) in [7, 11) is 0. The Morgan fingerprint density at radius 3 is 2.57 bits per heavy atom. The molecular weight excluding hydrogens is 312 g/mol. The van der Waals surface area contributed by atoms with Gasteiger partial charge in [-0.1, -0.05) is 67.9 Å². The lowest BCUT2D eigenvalue weighted by Gasteiger charge is -2.25. The SMILES string of the molecule is CC(C)(CNC(=O)NOCc1ccccc1)c1cccc(Cl)c1. The normalized spacial score (nSPS) is 11.1. The third-order valence-corrected chi connectivity index (χ3v) is 3.78. The van der Waals surface area contributed by atoms with Crippen LogP contribution in [0.3, 0.4) is 0 Å². The standard InChI is InChI=1S/C18H21ClN2O2/c1-18(2,15-9-6-10-16(19)11-15)13-20-17(22)21-23-12-14-7-4-3-5-8-14/h3-11H,12-13H2,1-2H3,(H2,20,21,22). The number of rotatable bonds is 6. The highest BCUT2D eigenvalue weighted by molar-refractivity contribution is 6.30. The van der Waals surface area contributed by atoms with E-state index in [9.17, 15) is 4.79 Å². The van der Waals surface area contributed by atoms with Crippen LogP contribution in [0.5, 0.6) is 0 Å². The Morgan fingerprint density at radius 1 is 1.13 bits per heavy atom. The Morgan fingerprint density at radius 2 is 1.87 bits per heavy atom. The lowest BCUT2D eigenvalue weighted by molar-refractivity contribution is 0.0487. The summed E-state index contributed by atoms with van der Waals surface area (Å²) in [6, 6.07) is 16.9. The molecule has 0 radical (unpaired) electrons. The zero-order valence-electron chi connectivity index (χ0n) is 13.3. The number of carbonyl (C=O) groups excluding carboxylic acids is 1. The number of hydrogen-bond donors (Lipinski definition) is 2. The minimum absolute atomic E-state index is 0.234. The van der Waals surface area contributed by atoms with Crippen LogP contribution >= 0.6 is 11.6 Å². The molecule has 2 amide bonds. The molecule has 0 saturated heterocycles. The minimum atomic E-state index is -0.365. The van der Waals surface area contributed by atoms with E-state index in [1.54, 1.807) is 0 Å². The fourth-order valence-electron chi connectivity index (χ4n) is 2.11. The van der Waals surface area contributed by atoms with E-state index in [0.717, 1.165) is 11.1 Å². The van der Waals surface area contributed by atoms with Crippen LogP contribution in [0.25, 0.3) is 0 Å². The van der Waals surface area contributed by atoms with Gasteiger partial charge >= 0.3 is 6.03 Å². The minimum Gasteiger partial charge on any atom is -0.336 e. The average Bonchev–Trinajstić information content (AvgIpc) is 2.54. The Kier molecular flexibility index (Phi) is 6.02. The van der Waals surface area contributed by atoms with E-state index in [4.69, 9.17) is 16.4 Å². The second kappa shape index (κ2) is 7.99. The summed E-state index contributed by atoms with van der Waals surface area (Å²) in [5.74, 6) is 0. The van der Waals surface area contributed by atoms with Crippen LogP contribution in [0.2, 0.25) is 5.02 Å². The zero-order chi connectivity index (χ0) is 16.7. The van der Waals surface area contributed by atoms with Crippen molar-refractivity contribution < 1.29 is 9.63 Å². The number of halogens is 1. The molecule has 5 heteroatoms. The van der Waals surface area contributed by atoms with Gasteiger partial charge in [-0.2, -0.15) is 0 Å². The number of urea groups is 1. The van der Waals surface area contributed by atoms with E-state index in [1.165, 1.54) is 0 Å². The topological polar surface area (TPSA) is 50.4 Å². The number of nitrogens with one attached hydrogen (secondary N) is 2. The van der Waals surface area contributed by atoms with E-state index in [0.29, 0.717) is 18.2 Å². The van der Waals surface area contributed by atoms with Crippen LogP contribution in [0.4, 0.5) is 4.79 Å². The fraction of sp³-hybridized carbons (Fsp3) is 0.278. The molecule has 2 aromatic rings. The lowest BCUT2D eigenvalue weighted by Crippen LogP contribution is -2.42. The highest BCUT2D eigenvalue weighted by Crippen LogP contribution is 2.24. The second-order valence-electron chi connectivity index (χ2n) is 5.95. The molecule has 0 bridgehead atoms. The fourth-order valence-corrected chi connectivity index (χ4v) is 2.30. The summed E-state index contributed by atoms with van der Waals surface area (Å²) in [5, 5.41) is 3.50. The van der Waals surface area contributed by atoms with Crippen molar-refractivity contribution in [3.05, 3.63) is 70.7 Å². The van der Waals surface area contributed by atoms with Gasteiger partial charge in [-0.05, 0) is 23.3 Å². The van der Waals surface area contributed by atoms with Gasteiger partial charge in [-0.15, -0.1) is 0 Å². The van der Waals surface area contributed by atoms with Crippen molar-refractivity contribution in [3.8, 4) is 0 Å². The van der Waals surface area contributed by atoms with Crippen molar-refractivity contribution in [1.82, 2.24) is 10.8 Å². The molecule has 122 valence electrons. The van der Waals surface area contributed by atoms with Crippen LogP contribution in [0, 0.1) is 0 Å². The third kappa shape index (κ3) is 5.58. The van der Waals surface area contributed by atoms with Crippen molar-refractivity contribution in [3.63, 3.8) is 0 Å². The average molecular weight is 333 g/mol. The smallest absolute Gasteiger partial charge is 0.336 e. The molecule has 0 aliphatic carbocycles. The summed E-state index contributed by atoms with van der Waals surface area (Å²) in [5.41, 5.74) is 4.21. The molecule has 0 spiro atoms. The molecule has 0 unspecified atom stereocenters. The van der Waals surface area contributed by atoms with Crippen molar-refractivity contribution in [2.75, 3.05) is 6.54 Å². The summed E-state index contributed by atoms with van der Waals surface area (Å²) in [4.78, 5) is 17.0. The summed E-state index contributed by atoms with van der Waals surface area (Å²) < 4.78 is 0. The quantitative estimate of drug-likeness (QED) is 0.784. The van der Waals surface area contributed by atoms with Gasteiger partial charge in [0.05, 0.1) is 6.61 Å². The molecule has 2 N–H and O–H groups in total. The molecule has 0 saturated carbocycles. The summed E-state index contributed by atoms with van der Waals surface area (Å²) in [6.07, 6.45) is 0. The van der Waals surface area contributed by atoms with Crippen LogP contribution in [-0.4, -0.2) is 12.6 Å². The highest BCUT2D eigenvalue weighted by atomic mass is 35.5. The maximum atomic E-state index is 11.8. The van der Waals surface area contributed by atoms with Crippen LogP contribution < -0.4 is 10.8 Å². The van der Waals surface area contributed by atoms with E-state index in [-0.39, 0.29) is 11.4 Å². The molecule has 0 aromatic heterocycles. The monoisotopic (exact) mass is 332 g/mol. The van der Waals surface area contributed by atoms with E-state index < -0.39 is 0 Å². The zero-order valence-corrected chi connectivity index (χ0v) is 14.1. The summed E-state index contributed by atoms with van der Waals surface area (Å²) >= 11 is 6.02. The van der Waals surface area contributed by atoms with Gasteiger partial charge in [0.1, 0.15) is 0 Å². The predicted molar refractivity (Wildman–Crippen MR) is 92.2 cm³/mol. The molecule has 2 rings (SSSR count). The number of benzene rings is 2. The van der Waals surface area contributed by atoms with Crippen LogP contribution in [-0.2, 0) is 16.9 Å². The Hall–Kier alpha value is -2.04. The maximum Gasteiger partial charge on any atom is 0.338 e. The first-order valence-corrected chi connectivity index (χ1v) is 7.81. The van der Waals surface area contributed by atoms with Gasteiger partial charge in [0, 0.05) is 17.0 Å². The molecule has 0 heterocycles. The number of hydrogen-bond acceptors (Lipinski definition) is 2. The molecule has 2 aromatic carbocycles. The van der Waals surface area contributed by atoms with E-state index in [2.05, 4.69) is 10.8 Å². The first-order chi connectivity index (χ1) is 11.0. The van der Waals surface area contributed by atoms with Gasteiger partial charge < -0.3 is 5.32 Å². The van der Waals surface area contributed by atoms with Crippen molar-refractivity contribution in [2.45, 2.75) is 25.9 Å². The molecule has 0 atom stereocenters. The van der Waals surface area contributed by atoms with Gasteiger partial charge in [0.25, 0.3) is 0 Å². The van der Waals surface area contributed by atoms with E-state index >= 15 is 0 Å². The van der Waals surface area contributed by atoms with Gasteiger partial charge in [0.2, 0.25) is 0 Å². The van der Waals surface area contributed by atoms with Gasteiger partial charge in [-0.25, -0.2) is 10.3 Å². The maximum absolute atomic E-state index is 11.8. The highest BCUT2D eigenvalue weighted by Gasteiger charge is 2.21. The predicted octanol–water partition coefficient (Wildman–Crippen LogP) is 4.05. The Labute approximate surface area is 141 Å². The van der Waals surface area contributed by atoms with E-state index in [1.807, 2.05) is 68.4 Å². The Bertz CT molecular complexity index is 644. The van der Waals surface area contributed by atoms with Gasteiger partial charge in [0.15, 0.2) is 0 Å². The first kappa shape index (κ1) is 17.3. The molecule has 0 aliphatic rings. The van der Waals surface area contributed by atoms with Crippen LogP contribution in [0.15, 0.2) is 54.6 Å². The van der Waals surface area contributed by atoms with Crippen LogP contribution in [0.1, 0.15) is 25.0 Å². The van der Waals surface area contributed by atoms with Gasteiger partial charge in [-0.3, -0.25) is 4.84 Å².